The van der Waals surface area contributed by atoms with Crippen molar-refractivity contribution in [2.75, 3.05) is 0 Å². The summed E-state index contributed by atoms with van der Waals surface area (Å²) in [5, 5.41) is 6.96. The Labute approximate surface area is 85.6 Å². The fraction of sp³-hybridized carbons (Fsp3) is 0.200. The fourth-order valence-corrected chi connectivity index (χ4v) is 2.51. The zero-order chi connectivity index (χ0) is 9.97. The maximum absolute atomic E-state index is 8.37. The van der Waals surface area contributed by atoms with Gasteiger partial charge in [-0.05, 0) is 27.9 Å². The molecule has 14 heavy (non-hydrogen) atoms. The molecule has 2 aromatic rings. The van der Waals surface area contributed by atoms with Crippen molar-refractivity contribution in [1.82, 2.24) is 0 Å². The molecule has 0 unspecified atom stereocenters. The van der Waals surface area contributed by atoms with E-state index in [0.29, 0.717) is 0 Å². The van der Waals surface area contributed by atoms with Crippen LogP contribution in [-0.2, 0) is 0 Å². The molecule has 0 N–H and O–H groups in total. The van der Waals surface area contributed by atoms with E-state index < -0.39 is 0 Å². The topological polar surface area (TPSA) is 48.8 Å². The Bertz CT molecular complexity index is 497. The third kappa shape index (κ3) is 1.45. The average molecular weight is 203 g/mol. The molecule has 0 bridgehead atoms. The lowest BCUT2D eigenvalue weighted by molar-refractivity contribution is 0.819. The van der Waals surface area contributed by atoms with Crippen molar-refractivity contribution in [3.8, 4) is 0 Å². The SMILES string of the molecule is C[C@@H](N=[N+]=[N-])c1csc2ccccc12. The largest absolute Gasteiger partial charge is 0.144 e. The third-order valence-corrected chi connectivity index (χ3v) is 3.17. The molecular formula is C10H9N3S. The molecular weight excluding hydrogens is 194 g/mol. The van der Waals surface area contributed by atoms with Gasteiger partial charge in [-0.3, -0.25) is 0 Å². The molecule has 2 rings (SSSR count). The quantitative estimate of drug-likeness (QED) is 0.397. The van der Waals surface area contributed by atoms with E-state index in [9.17, 15) is 0 Å². The van der Waals surface area contributed by atoms with Gasteiger partial charge in [-0.2, -0.15) is 0 Å². The summed E-state index contributed by atoms with van der Waals surface area (Å²) in [6.45, 7) is 1.91. The van der Waals surface area contributed by atoms with Gasteiger partial charge in [0.15, 0.2) is 0 Å². The van der Waals surface area contributed by atoms with Crippen LogP contribution in [0, 0.1) is 0 Å². The first kappa shape index (κ1) is 9.06. The normalized spacial score (nSPS) is 12.4. The zero-order valence-electron chi connectivity index (χ0n) is 7.71. The van der Waals surface area contributed by atoms with Crippen LogP contribution in [0.3, 0.4) is 0 Å². The van der Waals surface area contributed by atoms with Crippen LogP contribution in [0.25, 0.3) is 20.5 Å². The van der Waals surface area contributed by atoms with Gasteiger partial charge in [0.25, 0.3) is 0 Å². The highest BCUT2D eigenvalue weighted by molar-refractivity contribution is 7.17. The van der Waals surface area contributed by atoms with Gasteiger partial charge >= 0.3 is 0 Å². The van der Waals surface area contributed by atoms with E-state index in [4.69, 9.17) is 5.53 Å². The van der Waals surface area contributed by atoms with Gasteiger partial charge in [0.2, 0.25) is 0 Å². The van der Waals surface area contributed by atoms with E-state index in [1.807, 2.05) is 19.1 Å². The highest BCUT2D eigenvalue weighted by atomic mass is 32.1. The van der Waals surface area contributed by atoms with Gasteiger partial charge in [-0.1, -0.05) is 30.2 Å². The Kier molecular flexibility index (Phi) is 2.39. The summed E-state index contributed by atoms with van der Waals surface area (Å²) < 4.78 is 1.24. The molecule has 4 heteroatoms. The van der Waals surface area contributed by atoms with Crippen LogP contribution in [-0.4, -0.2) is 0 Å². The predicted octanol–water partition coefficient (Wildman–Crippen LogP) is 4.27. The molecule has 0 fully saturated rings. The van der Waals surface area contributed by atoms with Crippen LogP contribution in [0.2, 0.25) is 0 Å². The molecule has 0 amide bonds. The van der Waals surface area contributed by atoms with E-state index in [1.54, 1.807) is 11.3 Å². The first-order chi connectivity index (χ1) is 6.83. The lowest BCUT2D eigenvalue weighted by atomic mass is 10.1. The molecule has 0 spiro atoms. The molecule has 0 aliphatic carbocycles. The Morgan fingerprint density at radius 3 is 3.00 bits per heavy atom. The standard InChI is InChI=1S/C10H9N3S/c1-7(12-13-11)9-6-14-10-5-3-2-4-8(9)10/h2-7H,1H3/t7-/m1/s1. The Morgan fingerprint density at radius 1 is 1.43 bits per heavy atom. The van der Waals surface area contributed by atoms with E-state index >= 15 is 0 Å². The lowest BCUT2D eigenvalue weighted by Crippen LogP contribution is -1.84. The Morgan fingerprint density at radius 2 is 2.21 bits per heavy atom. The maximum Gasteiger partial charge on any atom is 0.0611 e. The molecule has 0 aliphatic rings. The summed E-state index contributed by atoms with van der Waals surface area (Å²) in [6, 6.07) is 8.06. The van der Waals surface area contributed by atoms with Crippen LogP contribution in [0.5, 0.6) is 0 Å². The third-order valence-electron chi connectivity index (χ3n) is 2.19. The highest BCUT2D eigenvalue weighted by Gasteiger charge is 2.08. The molecule has 1 aromatic carbocycles. The van der Waals surface area contributed by atoms with E-state index in [1.165, 1.54) is 10.1 Å². The van der Waals surface area contributed by atoms with Gasteiger partial charge < -0.3 is 0 Å². The maximum atomic E-state index is 8.37. The van der Waals surface area contributed by atoms with Crippen molar-refractivity contribution in [3.63, 3.8) is 0 Å². The predicted molar refractivity (Wildman–Crippen MR) is 59.4 cm³/mol. The minimum Gasteiger partial charge on any atom is -0.144 e. The lowest BCUT2D eigenvalue weighted by Gasteiger charge is -2.01. The number of benzene rings is 1. The van der Waals surface area contributed by atoms with Crippen molar-refractivity contribution in [2.24, 2.45) is 5.11 Å². The van der Waals surface area contributed by atoms with Gasteiger partial charge in [-0.25, -0.2) is 0 Å². The van der Waals surface area contributed by atoms with Crippen LogP contribution >= 0.6 is 11.3 Å². The molecule has 1 aromatic heterocycles. The number of fused-ring (bicyclic) bond motifs is 1. The number of thiophene rings is 1. The van der Waals surface area contributed by atoms with E-state index in [-0.39, 0.29) is 6.04 Å². The summed E-state index contributed by atoms with van der Waals surface area (Å²) in [6.07, 6.45) is 0. The fourth-order valence-electron chi connectivity index (χ4n) is 1.46. The minimum absolute atomic E-state index is 0.0869. The van der Waals surface area contributed by atoms with Crippen molar-refractivity contribution < 1.29 is 0 Å². The second-order valence-electron chi connectivity index (χ2n) is 3.07. The molecule has 0 aliphatic heterocycles. The molecule has 1 heterocycles. The number of hydrogen-bond donors (Lipinski definition) is 0. The average Bonchev–Trinajstić information content (AvgIpc) is 2.61. The number of nitrogens with zero attached hydrogens (tertiary/aromatic N) is 3. The smallest absolute Gasteiger partial charge is 0.0611 e. The van der Waals surface area contributed by atoms with Crippen molar-refractivity contribution in [2.45, 2.75) is 13.0 Å². The number of azide groups is 1. The van der Waals surface area contributed by atoms with E-state index in [0.717, 1.165) is 5.56 Å². The minimum atomic E-state index is -0.0869. The molecule has 0 saturated carbocycles. The highest BCUT2D eigenvalue weighted by Crippen LogP contribution is 2.31. The van der Waals surface area contributed by atoms with Gasteiger partial charge in [0.1, 0.15) is 0 Å². The van der Waals surface area contributed by atoms with Crippen molar-refractivity contribution >= 4 is 21.4 Å². The first-order valence-corrected chi connectivity index (χ1v) is 5.21. The first-order valence-electron chi connectivity index (χ1n) is 4.33. The van der Waals surface area contributed by atoms with Crippen LogP contribution in [0.4, 0.5) is 0 Å². The monoisotopic (exact) mass is 203 g/mol. The number of hydrogen-bond acceptors (Lipinski definition) is 2. The van der Waals surface area contributed by atoms with Gasteiger partial charge in [0, 0.05) is 9.61 Å². The van der Waals surface area contributed by atoms with Gasteiger partial charge in [-0.15, -0.1) is 11.3 Å². The molecule has 0 radical (unpaired) electrons. The van der Waals surface area contributed by atoms with Crippen LogP contribution in [0.15, 0.2) is 34.8 Å². The number of rotatable bonds is 2. The zero-order valence-corrected chi connectivity index (χ0v) is 8.53. The summed E-state index contributed by atoms with van der Waals surface area (Å²) in [7, 11) is 0. The summed E-state index contributed by atoms with van der Waals surface area (Å²) in [5.74, 6) is 0. The van der Waals surface area contributed by atoms with E-state index in [2.05, 4.69) is 27.5 Å². The van der Waals surface area contributed by atoms with Crippen molar-refractivity contribution in [3.05, 3.63) is 45.7 Å². The van der Waals surface area contributed by atoms with Gasteiger partial charge in [0.05, 0.1) is 6.04 Å². The Balaban J connectivity index is 2.57. The van der Waals surface area contributed by atoms with Crippen LogP contribution in [0.1, 0.15) is 18.5 Å². The Hall–Kier alpha value is -1.51. The summed E-state index contributed by atoms with van der Waals surface area (Å²) in [4.78, 5) is 2.83. The van der Waals surface area contributed by atoms with Crippen molar-refractivity contribution in [1.29, 1.82) is 0 Å². The molecule has 0 saturated heterocycles. The second kappa shape index (κ2) is 3.70. The summed E-state index contributed by atoms with van der Waals surface area (Å²) >= 11 is 1.68. The molecule has 1 atom stereocenters. The molecule has 70 valence electrons. The molecule has 3 nitrogen and oxygen atoms in total. The second-order valence-corrected chi connectivity index (χ2v) is 3.98. The summed E-state index contributed by atoms with van der Waals surface area (Å²) in [5.41, 5.74) is 9.48. The van der Waals surface area contributed by atoms with Crippen LogP contribution < -0.4 is 0 Å².